The molecule has 1 aliphatic heterocycles. The molecule has 0 spiro atoms. The number of nitrogens with zero attached hydrogens (tertiary/aromatic N) is 1. The minimum absolute atomic E-state index is 0.366. The first-order chi connectivity index (χ1) is 10.0. The SMILES string of the molecule is C=C(C)CC(N)(CN1CCCCC1)c1ccc(OC)cc1. The van der Waals surface area contributed by atoms with Crippen LogP contribution < -0.4 is 10.5 Å². The van der Waals surface area contributed by atoms with Gasteiger partial charge in [-0.25, -0.2) is 0 Å². The number of methoxy groups -OCH3 is 1. The summed E-state index contributed by atoms with van der Waals surface area (Å²) in [5.41, 5.74) is 8.73. The molecule has 1 aromatic rings. The van der Waals surface area contributed by atoms with Crippen molar-refractivity contribution in [2.75, 3.05) is 26.7 Å². The highest BCUT2D eigenvalue weighted by Crippen LogP contribution is 2.29. The fraction of sp³-hybridized carbons (Fsp3) is 0.556. The van der Waals surface area contributed by atoms with Crippen LogP contribution in [0.3, 0.4) is 0 Å². The summed E-state index contributed by atoms with van der Waals surface area (Å²) in [5.74, 6) is 0.870. The maximum absolute atomic E-state index is 6.80. The molecule has 3 heteroatoms. The van der Waals surface area contributed by atoms with Gasteiger partial charge in [-0.15, -0.1) is 6.58 Å². The van der Waals surface area contributed by atoms with Crippen LogP contribution in [-0.2, 0) is 5.54 Å². The molecular formula is C18H28N2O. The van der Waals surface area contributed by atoms with E-state index in [1.165, 1.54) is 19.3 Å². The number of hydrogen-bond donors (Lipinski definition) is 1. The van der Waals surface area contributed by atoms with Crippen LogP contribution >= 0.6 is 0 Å². The van der Waals surface area contributed by atoms with Crippen LogP contribution in [0.1, 0.15) is 38.2 Å². The van der Waals surface area contributed by atoms with Crippen molar-refractivity contribution in [2.45, 2.75) is 38.1 Å². The number of nitrogens with two attached hydrogens (primary N) is 1. The zero-order valence-electron chi connectivity index (χ0n) is 13.4. The summed E-state index contributed by atoms with van der Waals surface area (Å²) in [4.78, 5) is 2.50. The number of ether oxygens (including phenoxy) is 1. The molecular weight excluding hydrogens is 260 g/mol. The van der Waals surface area contributed by atoms with E-state index in [1.54, 1.807) is 7.11 Å². The van der Waals surface area contributed by atoms with Gasteiger partial charge in [0, 0.05) is 6.54 Å². The second-order valence-electron chi connectivity index (χ2n) is 6.36. The van der Waals surface area contributed by atoms with E-state index < -0.39 is 0 Å². The number of likely N-dealkylation sites (tertiary alicyclic amines) is 1. The minimum atomic E-state index is -0.366. The van der Waals surface area contributed by atoms with Gasteiger partial charge in [-0.2, -0.15) is 0 Å². The highest BCUT2D eigenvalue weighted by molar-refractivity contribution is 5.33. The molecule has 1 atom stereocenters. The molecule has 0 radical (unpaired) electrons. The number of benzene rings is 1. The predicted molar refractivity (Wildman–Crippen MR) is 88.6 cm³/mol. The summed E-state index contributed by atoms with van der Waals surface area (Å²) in [7, 11) is 1.69. The van der Waals surface area contributed by atoms with E-state index >= 15 is 0 Å². The van der Waals surface area contributed by atoms with Crippen molar-refractivity contribution in [3.05, 3.63) is 42.0 Å². The van der Waals surface area contributed by atoms with Crippen molar-refractivity contribution in [1.29, 1.82) is 0 Å². The normalized spacial score (nSPS) is 19.0. The number of rotatable bonds is 6. The fourth-order valence-electron chi connectivity index (χ4n) is 3.23. The quantitative estimate of drug-likeness (QED) is 0.816. The largest absolute Gasteiger partial charge is 0.497 e. The molecule has 3 nitrogen and oxygen atoms in total. The van der Waals surface area contributed by atoms with Gasteiger partial charge in [0.2, 0.25) is 0 Å². The third kappa shape index (κ3) is 4.32. The Hall–Kier alpha value is -1.32. The third-order valence-corrected chi connectivity index (χ3v) is 4.24. The molecule has 0 bridgehead atoms. The lowest BCUT2D eigenvalue weighted by molar-refractivity contribution is 0.176. The van der Waals surface area contributed by atoms with Gasteiger partial charge in [0.05, 0.1) is 12.6 Å². The monoisotopic (exact) mass is 288 g/mol. The molecule has 0 aromatic heterocycles. The summed E-state index contributed by atoms with van der Waals surface area (Å²) < 4.78 is 5.24. The van der Waals surface area contributed by atoms with Gasteiger partial charge in [0.1, 0.15) is 5.75 Å². The molecule has 2 N–H and O–H groups in total. The van der Waals surface area contributed by atoms with E-state index in [4.69, 9.17) is 10.5 Å². The van der Waals surface area contributed by atoms with Crippen LogP contribution in [0.4, 0.5) is 0 Å². The smallest absolute Gasteiger partial charge is 0.118 e. The maximum Gasteiger partial charge on any atom is 0.118 e. The zero-order chi connectivity index (χ0) is 15.3. The van der Waals surface area contributed by atoms with Gasteiger partial charge in [0.25, 0.3) is 0 Å². The molecule has 0 aliphatic carbocycles. The van der Waals surface area contributed by atoms with E-state index in [2.05, 4.69) is 30.5 Å². The van der Waals surface area contributed by atoms with Gasteiger partial charge in [-0.05, 0) is 57.0 Å². The number of piperidine rings is 1. The maximum atomic E-state index is 6.80. The van der Waals surface area contributed by atoms with E-state index in [9.17, 15) is 0 Å². The van der Waals surface area contributed by atoms with E-state index in [1.807, 2.05) is 12.1 Å². The van der Waals surface area contributed by atoms with Crippen molar-refractivity contribution in [3.8, 4) is 5.75 Å². The Kier molecular flexibility index (Phi) is 5.43. The van der Waals surface area contributed by atoms with Crippen LogP contribution in [0.25, 0.3) is 0 Å². The van der Waals surface area contributed by atoms with E-state index in [0.29, 0.717) is 0 Å². The highest BCUT2D eigenvalue weighted by Gasteiger charge is 2.30. The summed E-state index contributed by atoms with van der Waals surface area (Å²) >= 11 is 0. The lowest BCUT2D eigenvalue weighted by atomic mass is 9.84. The molecule has 116 valence electrons. The summed E-state index contributed by atoms with van der Waals surface area (Å²) in [6.07, 6.45) is 4.73. The Balaban J connectivity index is 2.19. The van der Waals surface area contributed by atoms with Gasteiger partial charge in [0.15, 0.2) is 0 Å². The van der Waals surface area contributed by atoms with Gasteiger partial charge in [-0.3, -0.25) is 0 Å². The van der Waals surface area contributed by atoms with Crippen molar-refractivity contribution in [2.24, 2.45) is 5.73 Å². The first-order valence-electron chi connectivity index (χ1n) is 7.84. The Morgan fingerprint density at radius 3 is 2.38 bits per heavy atom. The number of hydrogen-bond acceptors (Lipinski definition) is 3. The van der Waals surface area contributed by atoms with E-state index in [0.717, 1.165) is 42.9 Å². The van der Waals surface area contributed by atoms with Gasteiger partial charge in [-0.1, -0.05) is 24.1 Å². The second kappa shape index (κ2) is 7.10. The summed E-state index contributed by atoms with van der Waals surface area (Å²) in [5, 5.41) is 0. The fourth-order valence-corrected chi connectivity index (χ4v) is 3.23. The van der Waals surface area contributed by atoms with Crippen LogP contribution in [0.2, 0.25) is 0 Å². The summed E-state index contributed by atoms with van der Waals surface area (Å²) in [6.45, 7) is 9.34. The highest BCUT2D eigenvalue weighted by atomic mass is 16.5. The average Bonchev–Trinajstić information content (AvgIpc) is 2.47. The molecule has 1 unspecified atom stereocenters. The average molecular weight is 288 g/mol. The van der Waals surface area contributed by atoms with Crippen LogP contribution in [0.15, 0.2) is 36.4 Å². The molecule has 0 amide bonds. The molecule has 1 saturated heterocycles. The molecule has 21 heavy (non-hydrogen) atoms. The molecule has 2 rings (SSSR count). The lowest BCUT2D eigenvalue weighted by Gasteiger charge is -2.38. The van der Waals surface area contributed by atoms with Gasteiger partial charge < -0.3 is 15.4 Å². The molecule has 1 aliphatic rings. The van der Waals surface area contributed by atoms with Crippen LogP contribution in [-0.4, -0.2) is 31.6 Å². The van der Waals surface area contributed by atoms with E-state index in [-0.39, 0.29) is 5.54 Å². The Bertz CT molecular complexity index is 463. The molecule has 1 fully saturated rings. The zero-order valence-corrected chi connectivity index (χ0v) is 13.4. The Labute approximate surface area is 128 Å². The summed E-state index contributed by atoms with van der Waals surface area (Å²) in [6, 6.07) is 8.16. The minimum Gasteiger partial charge on any atom is -0.497 e. The van der Waals surface area contributed by atoms with Crippen molar-refractivity contribution in [3.63, 3.8) is 0 Å². The first kappa shape index (κ1) is 16.1. The van der Waals surface area contributed by atoms with Crippen molar-refractivity contribution < 1.29 is 4.74 Å². The van der Waals surface area contributed by atoms with Crippen molar-refractivity contribution >= 4 is 0 Å². The standard InChI is InChI=1S/C18H28N2O/c1-15(2)13-18(19,14-20-11-5-4-6-12-20)16-7-9-17(21-3)10-8-16/h7-10H,1,4-6,11-14,19H2,2-3H3. The van der Waals surface area contributed by atoms with Crippen molar-refractivity contribution in [1.82, 2.24) is 4.90 Å². The molecule has 1 aromatic carbocycles. The lowest BCUT2D eigenvalue weighted by Crippen LogP contribution is -2.49. The second-order valence-corrected chi connectivity index (χ2v) is 6.36. The predicted octanol–water partition coefficient (Wildman–Crippen LogP) is 3.30. The first-order valence-corrected chi connectivity index (χ1v) is 7.84. The molecule has 0 saturated carbocycles. The molecule has 1 heterocycles. The topological polar surface area (TPSA) is 38.5 Å². The van der Waals surface area contributed by atoms with Gasteiger partial charge >= 0.3 is 0 Å². The van der Waals surface area contributed by atoms with Crippen LogP contribution in [0, 0.1) is 0 Å². The Morgan fingerprint density at radius 1 is 1.24 bits per heavy atom. The van der Waals surface area contributed by atoms with Crippen LogP contribution in [0.5, 0.6) is 5.75 Å². The third-order valence-electron chi connectivity index (χ3n) is 4.24. The Morgan fingerprint density at radius 2 is 1.86 bits per heavy atom.